The summed E-state index contributed by atoms with van der Waals surface area (Å²) in [6, 6.07) is 16.1. The van der Waals surface area contributed by atoms with E-state index in [-0.39, 0.29) is 5.76 Å². The van der Waals surface area contributed by atoms with Gasteiger partial charge in [0.1, 0.15) is 0 Å². The molecule has 0 saturated heterocycles. The number of nitrogens with zero attached hydrogens (tertiary/aromatic N) is 2. The molecule has 0 bridgehead atoms. The van der Waals surface area contributed by atoms with Crippen LogP contribution in [0.15, 0.2) is 70.4 Å². The van der Waals surface area contributed by atoms with Crippen molar-refractivity contribution in [3.63, 3.8) is 0 Å². The minimum absolute atomic E-state index is 0.118. The van der Waals surface area contributed by atoms with E-state index in [4.69, 9.17) is 13.9 Å². The van der Waals surface area contributed by atoms with E-state index >= 15 is 0 Å². The van der Waals surface area contributed by atoms with Crippen LogP contribution in [0.2, 0.25) is 0 Å². The summed E-state index contributed by atoms with van der Waals surface area (Å²) in [4.78, 5) is 16.5. The Morgan fingerprint density at radius 1 is 1.18 bits per heavy atom. The predicted octanol–water partition coefficient (Wildman–Crippen LogP) is 4.56. The van der Waals surface area contributed by atoms with Crippen LogP contribution in [-0.2, 0) is 0 Å². The third-order valence-corrected chi connectivity index (χ3v) is 4.72. The van der Waals surface area contributed by atoms with Gasteiger partial charge in [-0.1, -0.05) is 23.5 Å². The van der Waals surface area contributed by atoms with Gasteiger partial charge in [-0.05, 0) is 48.0 Å². The number of hydrogen-bond donors (Lipinski definition) is 1. The lowest BCUT2D eigenvalue weighted by atomic mass is 10.2. The average molecular weight is 393 g/mol. The van der Waals surface area contributed by atoms with Gasteiger partial charge < -0.3 is 13.9 Å². The highest BCUT2D eigenvalue weighted by Gasteiger charge is 2.14. The lowest BCUT2D eigenvalue weighted by Crippen LogP contribution is -2.08. The number of thiazole rings is 1. The molecular formula is C20H15N3O4S. The van der Waals surface area contributed by atoms with Gasteiger partial charge in [0.25, 0.3) is 0 Å². The molecule has 0 spiro atoms. The number of nitrogens with one attached hydrogen (secondary N) is 1. The summed E-state index contributed by atoms with van der Waals surface area (Å²) in [6.45, 7) is 0. The molecule has 0 radical (unpaired) electrons. The number of rotatable bonds is 6. The standard InChI is InChI=1S/C20H15N3O4S/c1-25-17-11-13(8-9-15(17)27-19(24)16-6-4-10-26-16)12-21-23-20-22-14-5-2-3-7-18(14)28-20/h2-12H,1H3,(H,22,23)/b21-12-. The number of esters is 1. The van der Waals surface area contributed by atoms with Crippen LogP contribution in [0.25, 0.3) is 10.2 Å². The minimum atomic E-state index is -0.595. The van der Waals surface area contributed by atoms with E-state index in [2.05, 4.69) is 15.5 Å². The molecule has 1 N–H and O–H groups in total. The Balaban J connectivity index is 1.46. The fourth-order valence-electron chi connectivity index (χ4n) is 2.48. The van der Waals surface area contributed by atoms with Gasteiger partial charge in [-0.2, -0.15) is 5.10 Å². The Hall–Kier alpha value is -3.65. The van der Waals surface area contributed by atoms with Crippen molar-refractivity contribution in [2.75, 3.05) is 12.5 Å². The quantitative estimate of drug-likeness (QED) is 0.224. The lowest BCUT2D eigenvalue weighted by molar-refractivity contribution is 0.0696. The summed E-state index contributed by atoms with van der Waals surface area (Å²) in [6.07, 6.45) is 3.04. The second-order valence-electron chi connectivity index (χ2n) is 5.63. The van der Waals surface area contributed by atoms with E-state index in [1.807, 2.05) is 24.3 Å². The first kappa shape index (κ1) is 17.7. The van der Waals surface area contributed by atoms with Gasteiger partial charge in [0.15, 0.2) is 11.5 Å². The molecule has 4 aromatic rings. The Bertz CT molecular complexity index is 1100. The second-order valence-corrected chi connectivity index (χ2v) is 6.66. The highest BCUT2D eigenvalue weighted by molar-refractivity contribution is 7.22. The van der Waals surface area contributed by atoms with E-state index in [0.717, 1.165) is 15.8 Å². The summed E-state index contributed by atoms with van der Waals surface area (Å²) in [7, 11) is 1.50. The maximum atomic E-state index is 12.0. The average Bonchev–Trinajstić information content (AvgIpc) is 3.38. The van der Waals surface area contributed by atoms with Gasteiger partial charge in [-0.15, -0.1) is 0 Å². The molecule has 2 heterocycles. The Kier molecular flexibility index (Phi) is 5.03. The fraction of sp³-hybridized carbons (Fsp3) is 0.0500. The topological polar surface area (TPSA) is 86.0 Å². The van der Waals surface area contributed by atoms with Crippen molar-refractivity contribution in [3.8, 4) is 11.5 Å². The highest BCUT2D eigenvalue weighted by atomic mass is 32.1. The number of carbonyl (C=O) groups excluding carboxylic acids is 1. The number of furan rings is 1. The van der Waals surface area contributed by atoms with Gasteiger partial charge in [0.05, 0.1) is 29.8 Å². The molecule has 7 nitrogen and oxygen atoms in total. The molecule has 140 valence electrons. The second kappa shape index (κ2) is 7.93. The normalized spacial score (nSPS) is 11.0. The number of ether oxygens (including phenoxy) is 2. The number of hydrogen-bond acceptors (Lipinski definition) is 8. The summed E-state index contributed by atoms with van der Waals surface area (Å²) in [5.41, 5.74) is 4.62. The molecule has 2 aromatic carbocycles. The number of methoxy groups -OCH3 is 1. The highest BCUT2D eigenvalue weighted by Crippen LogP contribution is 2.29. The third kappa shape index (κ3) is 3.86. The lowest BCUT2D eigenvalue weighted by Gasteiger charge is -2.08. The van der Waals surface area contributed by atoms with Crippen molar-refractivity contribution in [3.05, 3.63) is 72.2 Å². The van der Waals surface area contributed by atoms with Crippen molar-refractivity contribution in [2.45, 2.75) is 0 Å². The first-order valence-electron chi connectivity index (χ1n) is 8.31. The van der Waals surface area contributed by atoms with Crippen molar-refractivity contribution in [2.24, 2.45) is 5.10 Å². The molecule has 28 heavy (non-hydrogen) atoms. The van der Waals surface area contributed by atoms with Crippen LogP contribution in [-0.4, -0.2) is 24.3 Å². The van der Waals surface area contributed by atoms with Crippen LogP contribution in [0.5, 0.6) is 11.5 Å². The van der Waals surface area contributed by atoms with Crippen LogP contribution in [0, 0.1) is 0 Å². The number of aromatic nitrogens is 1. The van der Waals surface area contributed by atoms with Crippen molar-refractivity contribution < 1.29 is 18.7 Å². The molecule has 0 aliphatic carbocycles. The first-order valence-corrected chi connectivity index (χ1v) is 9.13. The third-order valence-electron chi connectivity index (χ3n) is 3.78. The first-order chi connectivity index (χ1) is 13.7. The monoisotopic (exact) mass is 393 g/mol. The van der Waals surface area contributed by atoms with Crippen LogP contribution in [0.1, 0.15) is 16.1 Å². The van der Waals surface area contributed by atoms with E-state index in [0.29, 0.717) is 16.6 Å². The van der Waals surface area contributed by atoms with Crippen LogP contribution >= 0.6 is 11.3 Å². The number of hydrazone groups is 1. The van der Waals surface area contributed by atoms with E-state index in [9.17, 15) is 4.79 Å². The summed E-state index contributed by atoms with van der Waals surface area (Å²) < 4.78 is 16.7. The maximum Gasteiger partial charge on any atom is 0.379 e. The Morgan fingerprint density at radius 3 is 2.86 bits per heavy atom. The number of benzene rings is 2. The zero-order valence-electron chi connectivity index (χ0n) is 14.8. The number of para-hydroxylation sites is 1. The molecule has 8 heteroatoms. The van der Waals surface area contributed by atoms with Crippen LogP contribution in [0.3, 0.4) is 0 Å². The van der Waals surface area contributed by atoms with Gasteiger partial charge in [-0.3, -0.25) is 5.43 Å². The number of fused-ring (bicyclic) bond motifs is 1. The largest absolute Gasteiger partial charge is 0.493 e. The van der Waals surface area contributed by atoms with Gasteiger partial charge in [0, 0.05) is 0 Å². The number of anilines is 1. The number of carbonyl (C=O) groups is 1. The molecule has 0 saturated carbocycles. The van der Waals surface area contributed by atoms with Gasteiger partial charge in [0.2, 0.25) is 10.9 Å². The molecular weight excluding hydrogens is 378 g/mol. The Morgan fingerprint density at radius 2 is 2.07 bits per heavy atom. The van der Waals surface area contributed by atoms with Crippen molar-refractivity contribution in [1.29, 1.82) is 0 Å². The summed E-state index contributed by atoms with van der Waals surface area (Å²) >= 11 is 1.52. The van der Waals surface area contributed by atoms with Crippen LogP contribution in [0.4, 0.5) is 5.13 Å². The molecule has 0 aliphatic heterocycles. The molecule has 0 atom stereocenters. The fourth-order valence-corrected chi connectivity index (χ4v) is 3.29. The summed E-state index contributed by atoms with van der Waals surface area (Å²) in [5, 5.41) is 4.91. The van der Waals surface area contributed by atoms with Crippen molar-refractivity contribution in [1.82, 2.24) is 4.98 Å². The minimum Gasteiger partial charge on any atom is -0.493 e. The van der Waals surface area contributed by atoms with Crippen LogP contribution < -0.4 is 14.9 Å². The smallest absolute Gasteiger partial charge is 0.379 e. The molecule has 0 aliphatic rings. The zero-order chi connectivity index (χ0) is 19.3. The predicted molar refractivity (Wildman–Crippen MR) is 107 cm³/mol. The molecule has 0 amide bonds. The molecule has 2 aromatic heterocycles. The summed E-state index contributed by atoms with van der Waals surface area (Å²) in [5.74, 6) is 0.221. The molecule has 4 rings (SSSR count). The maximum absolute atomic E-state index is 12.0. The molecule has 0 unspecified atom stereocenters. The van der Waals surface area contributed by atoms with Gasteiger partial charge >= 0.3 is 5.97 Å². The van der Waals surface area contributed by atoms with E-state index in [1.54, 1.807) is 30.5 Å². The Labute approximate surface area is 164 Å². The van der Waals surface area contributed by atoms with Crippen molar-refractivity contribution >= 4 is 38.9 Å². The van der Waals surface area contributed by atoms with Gasteiger partial charge in [-0.25, -0.2) is 9.78 Å². The van der Waals surface area contributed by atoms with E-state index in [1.165, 1.54) is 30.8 Å². The zero-order valence-corrected chi connectivity index (χ0v) is 15.6. The van der Waals surface area contributed by atoms with E-state index < -0.39 is 5.97 Å². The molecule has 0 fully saturated rings. The SMILES string of the molecule is COc1cc(/C=N\Nc2nc3ccccc3s2)ccc1OC(=O)c1ccco1.